The summed E-state index contributed by atoms with van der Waals surface area (Å²) in [5, 5.41) is 0.229. The van der Waals surface area contributed by atoms with E-state index in [9.17, 15) is 9.18 Å². The lowest BCUT2D eigenvalue weighted by Crippen LogP contribution is -1.97. The minimum Gasteiger partial charge on any atom is -0.468 e. The predicted octanol–water partition coefficient (Wildman–Crippen LogP) is 2.39. The predicted molar refractivity (Wildman–Crippen MR) is 54.9 cm³/mol. The third kappa shape index (κ3) is 3.61. The number of carbonyl (C=O) groups excluding carboxylic acids is 1. The van der Waals surface area contributed by atoms with Crippen LogP contribution >= 0.6 is 11.6 Å². The fourth-order valence-corrected chi connectivity index (χ4v) is 1.09. The second-order valence-corrected chi connectivity index (χ2v) is 3.09. The summed E-state index contributed by atoms with van der Waals surface area (Å²) in [5.74, 6) is 4.40. The van der Waals surface area contributed by atoms with E-state index in [1.54, 1.807) is 0 Å². The fourth-order valence-electron chi connectivity index (χ4n) is 0.875. The number of halogens is 2. The van der Waals surface area contributed by atoms with Crippen molar-refractivity contribution in [3.63, 3.8) is 0 Å². The summed E-state index contributed by atoms with van der Waals surface area (Å²) in [5.41, 5.74) is 0.488. The molecule has 15 heavy (non-hydrogen) atoms. The highest BCUT2D eigenvalue weighted by Crippen LogP contribution is 2.15. The SMILES string of the molecule is COC(=O)CC#Cc1ccc(F)cc1Cl. The molecule has 0 atom stereocenters. The summed E-state index contributed by atoms with van der Waals surface area (Å²) in [7, 11) is 1.29. The van der Waals surface area contributed by atoms with E-state index in [4.69, 9.17) is 11.6 Å². The average molecular weight is 227 g/mol. The molecule has 0 fully saturated rings. The highest BCUT2D eigenvalue weighted by molar-refractivity contribution is 6.31. The van der Waals surface area contributed by atoms with Crippen LogP contribution in [0.25, 0.3) is 0 Å². The van der Waals surface area contributed by atoms with Gasteiger partial charge in [-0.05, 0) is 18.2 Å². The van der Waals surface area contributed by atoms with Crippen LogP contribution in [0.3, 0.4) is 0 Å². The molecule has 0 N–H and O–H groups in total. The van der Waals surface area contributed by atoms with Gasteiger partial charge in [0.05, 0.1) is 12.1 Å². The lowest BCUT2D eigenvalue weighted by Gasteiger charge is -1.94. The number of benzene rings is 1. The molecule has 0 aliphatic rings. The smallest absolute Gasteiger partial charge is 0.317 e. The number of rotatable bonds is 1. The number of hydrogen-bond acceptors (Lipinski definition) is 2. The zero-order chi connectivity index (χ0) is 11.3. The zero-order valence-electron chi connectivity index (χ0n) is 8.01. The van der Waals surface area contributed by atoms with Crippen LogP contribution in [0.2, 0.25) is 5.02 Å². The van der Waals surface area contributed by atoms with Gasteiger partial charge < -0.3 is 4.74 Å². The van der Waals surface area contributed by atoms with Gasteiger partial charge in [0, 0.05) is 5.56 Å². The lowest BCUT2D eigenvalue weighted by molar-refractivity contribution is -0.139. The summed E-state index contributed by atoms with van der Waals surface area (Å²) in [6.07, 6.45) is -0.00972. The average Bonchev–Trinajstić information content (AvgIpc) is 2.21. The van der Waals surface area contributed by atoms with Crippen LogP contribution in [-0.4, -0.2) is 13.1 Å². The van der Waals surface area contributed by atoms with Gasteiger partial charge in [-0.15, -0.1) is 0 Å². The third-order valence-electron chi connectivity index (χ3n) is 1.61. The van der Waals surface area contributed by atoms with Crippen LogP contribution < -0.4 is 0 Å². The highest BCUT2D eigenvalue weighted by atomic mass is 35.5. The molecule has 2 nitrogen and oxygen atoms in total. The van der Waals surface area contributed by atoms with Gasteiger partial charge in [0.1, 0.15) is 12.2 Å². The first kappa shape index (κ1) is 11.5. The first-order chi connectivity index (χ1) is 7.13. The van der Waals surface area contributed by atoms with Crippen LogP contribution in [0.15, 0.2) is 18.2 Å². The maximum atomic E-state index is 12.6. The van der Waals surface area contributed by atoms with Gasteiger partial charge in [-0.3, -0.25) is 4.79 Å². The maximum Gasteiger partial charge on any atom is 0.317 e. The second kappa shape index (κ2) is 5.38. The van der Waals surface area contributed by atoms with Crippen molar-refractivity contribution in [1.82, 2.24) is 0 Å². The molecule has 0 amide bonds. The van der Waals surface area contributed by atoms with E-state index in [0.29, 0.717) is 5.56 Å². The van der Waals surface area contributed by atoms with Crippen molar-refractivity contribution in [1.29, 1.82) is 0 Å². The number of hydrogen-bond donors (Lipinski definition) is 0. The highest BCUT2D eigenvalue weighted by Gasteiger charge is 1.99. The molecule has 0 aliphatic heterocycles. The van der Waals surface area contributed by atoms with E-state index in [1.165, 1.54) is 25.3 Å². The number of carbonyl (C=O) groups is 1. The summed E-state index contributed by atoms with van der Waals surface area (Å²) in [6.45, 7) is 0. The molecule has 0 aliphatic carbocycles. The zero-order valence-corrected chi connectivity index (χ0v) is 8.77. The minimum absolute atomic E-state index is 0.00972. The molecular formula is C11H8ClFO2. The van der Waals surface area contributed by atoms with Crippen molar-refractivity contribution in [2.24, 2.45) is 0 Å². The summed E-state index contributed by atoms with van der Waals surface area (Å²) in [6, 6.07) is 3.89. The van der Waals surface area contributed by atoms with E-state index in [2.05, 4.69) is 16.6 Å². The molecule has 0 saturated heterocycles. The quantitative estimate of drug-likeness (QED) is 0.543. The topological polar surface area (TPSA) is 26.3 Å². The summed E-state index contributed by atoms with van der Waals surface area (Å²) < 4.78 is 17.0. The van der Waals surface area contributed by atoms with Crippen LogP contribution in [-0.2, 0) is 9.53 Å². The van der Waals surface area contributed by atoms with Crippen molar-refractivity contribution in [2.45, 2.75) is 6.42 Å². The molecule has 0 aromatic heterocycles. The van der Waals surface area contributed by atoms with E-state index < -0.39 is 11.8 Å². The molecular weight excluding hydrogens is 219 g/mol. The van der Waals surface area contributed by atoms with Crippen molar-refractivity contribution >= 4 is 17.6 Å². The Kier molecular flexibility index (Phi) is 4.14. The van der Waals surface area contributed by atoms with E-state index in [1.807, 2.05) is 0 Å². The van der Waals surface area contributed by atoms with Crippen molar-refractivity contribution < 1.29 is 13.9 Å². The molecule has 0 unspecified atom stereocenters. The number of esters is 1. The molecule has 0 radical (unpaired) electrons. The largest absolute Gasteiger partial charge is 0.468 e. The Morgan fingerprint density at radius 2 is 2.33 bits per heavy atom. The molecule has 0 bridgehead atoms. The normalized spacial score (nSPS) is 9.00. The Morgan fingerprint density at radius 1 is 1.60 bits per heavy atom. The maximum absolute atomic E-state index is 12.6. The Labute approximate surface area is 92.0 Å². The fraction of sp³-hybridized carbons (Fsp3) is 0.182. The molecule has 0 saturated carbocycles. The Bertz CT molecular complexity index is 432. The van der Waals surface area contributed by atoms with Gasteiger partial charge in [0.2, 0.25) is 0 Å². The number of methoxy groups -OCH3 is 1. The number of ether oxygens (including phenoxy) is 1. The molecule has 78 valence electrons. The van der Waals surface area contributed by atoms with Crippen molar-refractivity contribution in [2.75, 3.05) is 7.11 Å². The Morgan fingerprint density at radius 3 is 2.93 bits per heavy atom. The Balaban J connectivity index is 2.76. The lowest BCUT2D eigenvalue weighted by atomic mass is 10.2. The Hall–Kier alpha value is -1.53. The molecule has 4 heteroatoms. The van der Waals surface area contributed by atoms with E-state index in [0.717, 1.165) is 0 Å². The van der Waals surface area contributed by atoms with E-state index in [-0.39, 0.29) is 11.4 Å². The van der Waals surface area contributed by atoms with Gasteiger partial charge in [-0.1, -0.05) is 23.4 Å². The first-order valence-electron chi connectivity index (χ1n) is 4.14. The first-order valence-corrected chi connectivity index (χ1v) is 4.52. The second-order valence-electron chi connectivity index (χ2n) is 2.68. The van der Waals surface area contributed by atoms with Gasteiger partial charge in [0.25, 0.3) is 0 Å². The van der Waals surface area contributed by atoms with Crippen molar-refractivity contribution in [3.8, 4) is 11.8 Å². The van der Waals surface area contributed by atoms with Gasteiger partial charge >= 0.3 is 5.97 Å². The van der Waals surface area contributed by atoms with Crippen LogP contribution in [0.4, 0.5) is 4.39 Å². The standard InChI is InChI=1S/C11H8ClFO2/c1-15-11(14)4-2-3-8-5-6-9(13)7-10(8)12/h5-7H,4H2,1H3. The van der Waals surface area contributed by atoms with Crippen LogP contribution in [0.1, 0.15) is 12.0 Å². The molecule has 1 rings (SSSR count). The summed E-state index contributed by atoms with van der Waals surface area (Å²) in [4.78, 5) is 10.7. The van der Waals surface area contributed by atoms with Crippen molar-refractivity contribution in [3.05, 3.63) is 34.6 Å². The van der Waals surface area contributed by atoms with Gasteiger partial charge in [0.15, 0.2) is 0 Å². The van der Waals surface area contributed by atoms with Crippen LogP contribution in [0.5, 0.6) is 0 Å². The molecule has 0 heterocycles. The molecule has 1 aromatic carbocycles. The minimum atomic E-state index is -0.418. The van der Waals surface area contributed by atoms with E-state index >= 15 is 0 Å². The monoisotopic (exact) mass is 226 g/mol. The molecule has 1 aromatic rings. The summed E-state index contributed by atoms with van der Waals surface area (Å²) >= 11 is 5.72. The molecule has 0 spiro atoms. The third-order valence-corrected chi connectivity index (χ3v) is 1.93. The van der Waals surface area contributed by atoms with Gasteiger partial charge in [-0.2, -0.15) is 0 Å². The van der Waals surface area contributed by atoms with Gasteiger partial charge in [-0.25, -0.2) is 4.39 Å². The van der Waals surface area contributed by atoms with Crippen LogP contribution in [0, 0.1) is 17.7 Å².